The maximum absolute atomic E-state index is 5.00. The van der Waals surface area contributed by atoms with Crippen LogP contribution < -0.4 is 4.74 Å². The number of hydrogen-bond acceptors (Lipinski definition) is 4. The lowest BCUT2D eigenvalue weighted by molar-refractivity contribution is 0.392. The number of nitrogens with zero attached hydrogens (tertiary/aromatic N) is 4. The molecule has 0 amide bonds. The van der Waals surface area contributed by atoms with E-state index in [2.05, 4.69) is 39.6 Å². The van der Waals surface area contributed by atoms with E-state index in [4.69, 9.17) is 4.74 Å². The number of benzene rings is 1. The smallest absolute Gasteiger partial charge is 0.233 e. The summed E-state index contributed by atoms with van der Waals surface area (Å²) in [6.45, 7) is 0.838. The summed E-state index contributed by atoms with van der Waals surface area (Å²) < 4.78 is 6.99. The van der Waals surface area contributed by atoms with E-state index in [0.29, 0.717) is 5.88 Å². The van der Waals surface area contributed by atoms with Crippen LogP contribution in [0, 0.1) is 0 Å². The zero-order valence-electron chi connectivity index (χ0n) is 13.0. The summed E-state index contributed by atoms with van der Waals surface area (Å²) in [5, 5.41) is 12.4. The third-order valence-corrected chi connectivity index (χ3v) is 3.50. The maximum Gasteiger partial charge on any atom is 0.233 e. The van der Waals surface area contributed by atoms with Crippen molar-refractivity contribution in [3.63, 3.8) is 0 Å². The van der Waals surface area contributed by atoms with Gasteiger partial charge in [-0.25, -0.2) is 0 Å². The molecular formula is C18H18N4O. The summed E-state index contributed by atoms with van der Waals surface area (Å²) >= 11 is 0. The van der Waals surface area contributed by atoms with Crippen LogP contribution in [0.15, 0.2) is 54.7 Å². The van der Waals surface area contributed by atoms with Crippen LogP contribution in [0.2, 0.25) is 0 Å². The minimum atomic E-state index is 0.509. The molecule has 2 heterocycles. The van der Waals surface area contributed by atoms with Crippen LogP contribution in [0.5, 0.6) is 5.88 Å². The molecule has 0 fully saturated rings. The van der Waals surface area contributed by atoms with E-state index in [1.165, 1.54) is 5.56 Å². The van der Waals surface area contributed by atoms with Gasteiger partial charge in [0.15, 0.2) is 0 Å². The van der Waals surface area contributed by atoms with E-state index < -0.39 is 0 Å². The van der Waals surface area contributed by atoms with Crippen LogP contribution in [0.25, 0.3) is 12.2 Å². The molecule has 116 valence electrons. The summed E-state index contributed by atoms with van der Waals surface area (Å²) in [6.07, 6.45) is 6.67. The number of rotatable bonds is 6. The molecule has 0 radical (unpaired) electrons. The molecule has 0 atom stereocenters. The Bertz CT molecular complexity index is 763. The molecule has 5 heteroatoms. The highest BCUT2D eigenvalue weighted by Gasteiger charge is 2.00. The summed E-state index contributed by atoms with van der Waals surface area (Å²) in [4.78, 5) is 0. The first-order valence-electron chi connectivity index (χ1n) is 7.47. The lowest BCUT2D eigenvalue weighted by Crippen LogP contribution is -2.04. The monoisotopic (exact) mass is 306 g/mol. The Hall–Kier alpha value is -2.95. The molecule has 0 unspecified atom stereocenters. The minimum absolute atomic E-state index is 0.509. The first-order chi connectivity index (χ1) is 11.3. The van der Waals surface area contributed by atoms with Gasteiger partial charge in [-0.3, -0.25) is 4.68 Å². The number of methoxy groups -OCH3 is 1. The lowest BCUT2D eigenvalue weighted by Gasteiger charge is -2.05. The molecule has 3 rings (SSSR count). The second-order valence-corrected chi connectivity index (χ2v) is 5.05. The third kappa shape index (κ3) is 4.03. The average molecular weight is 306 g/mol. The van der Waals surface area contributed by atoms with Crippen LogP contribution in [-0.4, -0.2) is 27.1 Å². The first-order valence-corrected chi connectivity index (χ1v) is 7.47. The fraction of sp³-hybridized carbons (Fsp3) is 0.167. The van der Waals surface area contributed by atoms with Gasteiger partial charge in [-0.1, -0.05) is 30.3 Å². The molecule has 3 aromatic rings. The van der Waals surface area contributed by atoms with Gasteiger partial charge in [-0.2, -0.15) is 5.10 Å². The molecule has 0 N–H and O–H groups in total. The van der Waals surface area contributed by atoms with Gasteiger partial charge in [0, 0.05) is 18.8 Å². The Balaban J connectivity index is 1.66. The van der Waals surface area contributed by atoms with Crippen molar-refractivity contribution in [1.29, 1.82) is 0 Å². The van der Waals surface area contributed by atoms with Crippen molar-refractivity contribution >= 4 is 12.2 Å². The van der Waals surface area contributed by atoms with Crippen molar-refractivity contribution in [2.75, 3.05) is 7.11 Å². The van der Waals surface area contributed by atoms with Crippen LogP contribution in [-0.2, 0) is 13.0 Å². The van der Waals surface area contributed by atoms with Gasteiger partial charge in [0.2, 0.25) is 5.88 Å². The van der Waals surface area contributed by atoms with Gasteiger partial charge in [0.1, 0.15) is 0 Å². The van der Waals surface area contributed by atoms with Gasteiger partial charge >= 0.3 is 0 Å². The fourth-order valence-corrected chi connectivity index (χ4v) is 2.25. The van der Waals surface area contributed by atoms with Crippen LogP contribution in [0.1, 0.15) is 17.0 Å². The quantitative estimate of drug-likeness (QED) is 0.702. The first kappa shape index (κ1) is 15.0. The highest BCUT2D eigenvalue weighted by molar-refractivity contribution is 5.66. The van der Waals surface area contributed by atoms with E-state index in [9.17, 15) is 0 Å². The van der Waals surface area contributed by atoms with Crippen molar-refractivity contribution in [3.05, 3.63) is 71.7 Å². The lowest BCUT2D eigenvalue weighted by atomic mass is 10.1. The van der Waals surface area contributed by atoms with Crippen LogP contribution >= 0.6 is 0 Å². The van der Waals surface area contributed by atoms with Gasteiger partial charge in [-0.15, -0.1) is 10.2 Å². The second-order valence-electron chi connectivity index (χ2n) is 5.05. The summed E-state index contributed by atoms with van der Waals surface area (Å²) in [5.74, 6) is 0.509. The highest BCUT2D eigenvalue weighted by Crippen LogP contribution is 2.10. The Labute approximate surface area is 135 Å². The highest BCUT2D eigenvalue weighted by atomic mass is 16.5. The Morgan fingerprint density at radius 2 is 1.87 bits per heavy atom. The predicted octanol–water partition coefficient (Wildman–Crippen LogP) is 3.09. The van der Waals surface area contributed by atoms with Crippen LogP contribution in [0.4, 0.5) is 0 Å². The molecule has 1 aromatic carbocycles. The van der Waals surface area contributed by atoms with E-state index >= 15 is 0 Å². The molecule has 0 saturated heterocycles. The molecule has 0 spiro atoms. The molecule has 0 bridgehead atoms. The largest absolute Gasteiger partial charge is 0.480 e. The van der Waals surface area contributed by atoms with E-state index in [0.717, 1.165) is 24.4 Å². The minimum Gasteiger partial charge on any atom is -0.480 e. The van der Waals surface area contributed by atoms with E-state index in [1.807, 2.05) is 41.2 Å². The van der Waals surface area contributed by atoms with E-state index in [1.54, 1.807) is 13.2 Å². The number of ether oxygens (including phenoxy) is 1. The van der Waals surface area contributed by atoms with Crippen molar-refractivity contribution < 1.29 is 4.74 Å². The number of aryl methyl sites for hydroxylation is 2. The number of hydrogen-bond donors (Lipinski definition) is 0. The summed E-state index contributed by atoms with van der Waals surface area (Å²) in [5.41, 5.74) is 3.12. The summed E-state index contributed by atoms with van der Waals surface area (Å²) in [6, 6.07) is 16.0. The topological polar surface area (TPSA) is 52.8 Å². The van der Waals surface area contributed by atoms with E-state index in [-0.39, 0.29) is 0 Å². The van der Waals surface area contributed by atoms with Gasteiger partial charge in [0.25, 0.3) is 0 Å². The number of aromatic nitrogens is 4. The Morgan fingerprint density at radius 1 is 1.00 bits per heavy atom. The average Bonchev–Trinajstić information content (AvgIpc) is 3.07. The van der Waals surface area contributed by atoms with Crippen LogP contribution in [0.3, 0.4) is 0 Å². The fourth-order valence-electron chi connectivity index (χ4n) is 2.25. The molecule has 23 heavy (non-hydrogen) atoms. The van der Waals surface area contributed by atoms with Gasteiger partial charge < -0.3 is 4.74 Å². The molecule has 0 saturated carbocycles. The standard InChI is InChI=1S/C18H18N4O/c1-23-18-10-8-16(20-21-18)7-9-17-11-13-19-22(17)14-12-15-5-3-2-4-6-15/h2-11,13H,12,14H2,1H3/b9-7+. The maximum atomic E-state index is 5.00. The van der Waals surface area contributed by atoms with Crippen molar-refractivity contribution in [2.24, 2.45) is 0 Å². The molecule has 0 aliphatic carbocycles. The molecular weight excluding hydrogens is 288 g/mol. The SMILES string of the molecule is COc1ccc(/C=C/c2ccnn2CCc2ccccc2)nn1. The molecule has 0 aliphatic rings. The van der Waals surface area contributed by atoms with Crippen molar-refractivity contribution in [2.45, 2.75) is 13.0 Å². The normalized spacial score (nSPS) is 11.0. The Kier molecular flexibility index (Phi) is 4.79. The molecule has 5 nitrogen and oxygen atoms in total. The predicted molar refractivity (Wildman–Crippen MR) is 89.9 cm³/mol. The second kappa shape index (κ2) is 7.35. The van der Waals surface area contributed by atoms with Gasteiger partial charge in [-0.05, 0) is 36.3 Å². The zero-order chi connectivity index (χ0) is 15.9. The molecule has 2 aromatic heterocycles. The summed E-state index contributed by atoms with van der Waals surface area (Å²) in [7, 11) is 1.57. The third-order valence-electron chi connectivity index (χ3n) is 3.50. The zero-order valence-corrected chi connectivity index (χ0v) is 13.0. The van der Waals surface area contributed by atoms with Gasteiger partial charge in [0.05, 0.1) is 18.5 Å². The van der Waals surface area contributed by atoms with Crippen molar-refractivity contribution in [1.82, 2.24) is 20.0 Å². The molecule has 0 aliphatic heterocycles. The van der Waals surface area contributed by atoms with Crippen molar-refractivity contribution in [3.8, 4) is 5.88 Å². The Morgan fingerprint density at radius 3 is 2.61 bits per heavy atom.